The van der Waals surface area contributed by atoms with E-state index in [1.54, 1.807) is 0 Å². The summed E-state index contributed by atoms with van der Waals surface area (Å²) in [5.41, 5.74) is 12.8. The van der Waals surface area contributed by atoms with Crippen molar-refractivity contribution < 1.29 is 21.1 Å². The van der Waals surface area contributed by atoms with E-state index in [0.29, 0.717) is 0 Å². The number of hydrogen-bond donors (Lipinski definition) is 0. The number of para-hydroxylation sites is 2. The van der Waals surface area contributed by atoms with Crippen molar-refractivity contribution in [2.24, 2.45) is 10.2 Å². The SMILES string of the molecule is Cc1cc(C)c(B(c2[c-]c(N3[CH-]N(c4ccccc4)C(c4ccccc4)=N3)ccc2)c2[c-]c(N3[CH-]N(c4ccccc4)C(c4ccccc4)=N3)ccc2)c(C)c1.[Pt+4]. The fraction of sp³-hybridized carbons (Fsp3) is 0.0612. The van der Waals surface area contributed by atoms with Crippen LogP contribution in [0, 0.1) is 46.2 Å². The van der Waals surface area contributed by atoms with Crippen LogP contribution >= 0.6 is 0 Å². The Kier molecular flexibility index (Phi) is 10.9. The normalized spacial score (nSPS) is 13.7. The first-order chi connectivity index (χ1) is 27.5. The average molecular weight is 918 g/mol. The van der Waals surface area contributed by atoms with E-state index in [1.807, 2.05) is 71.9 Å². The van der Waals surface area contributed by atoms with Crippen molar-refractivity contribution in [1.29, 1.82) is 0 Å². The fourth-order valence-electron chi connectivity index (χ4n) is 7.71. The van der Waals surface area contributed by atoms with Crippen LogP contribution in [0.4, 0.5) is 22.7 Å². The first-order valence-corrected chi connectivity index (χ1v) is 18.9. The van der Waals surface area contributed by atoms with Crippen molar-refractivity contribution in [1.82, 2.24) is 0 Å². The molecule has 0 bridgehead atoms. The summed E-state index contributed by atoms with van der Waals surface area (Å²) in [4.78, 5) is 4.27. The second-order valence-corrected chi connectivity index (χ2v) is 14.1. The van der Waals surface area contributed by atoms with E-state index < -0.39 is 0 Å². The van der Waals surface area contributed by atoms with E-state index in [2.05, 4.69) is 164 Å². The van der Waals surface area contributed by atoms with Gasteiger partial charge in [-0.25, -0.2) is 0 Å². The molecule has 2 aliphatic heterocycles. The van der Waals surface area contributed by atoms with E-state index in [4.69, 9.17) is 10.2 Å². The van der Waals surface area contributed by atoms with Crippen molar-refractivity contribution in [2.75, 3.05) is 19.8 Å². The van der Waals surface area contributed by atoms with Crippen LogP contribution in [0.5, 0.6) is 0 Å². The molecule has 0 spiro atoms. The van der Waals surface area contributed by atoms with Crippen LogP contribution < -0.4 is 36.2 Å². The van der Waals surface area contributed by atoms with E-state index >= 15 is 0 Å². The van der Waals surface area contributed by atoms with Crippen molar-refractivity contribution in [3.05, 3.63) is 223 Å². The van der Waals surface area contributed by atoms with Crippen LogP contribution in [0.1, 0.15) is 27.8 Å². The number of hydrogen-bond acceptors (Lipinski definition) is 6. The first-order valence-electron chi connectivity index (χ1n) is 18.9. The molecule has 7 aromatic rings. The molecular formula is C49H39BN6Pt. The van der Waals surface area contributed by atoms with Crippen LogP contribution in [-0.2, 0) is 21.1 Å². The van der Waals surface area contributed by atoms with Gasteiger partial charge in [0.05, 0.1) is 0 Å². The van der Waals surface area contributed by atoms with Gasteiger partial charge in [0, 0.05) is 22.5 Å². The van der Waals surface area contributed by atoms with Crippen LogP contribution in [0.25, 0.3) is 0 Å². The molecule has 0 aromatic heterocycles. The summed E-state index contributed by atoms with van der Waals surface area (Å²) in [5.74, 6) is 1.69. The second kappa shape index (κ2) is 16.5. The molecule has 2 heterocycles. The molecule has 57 heavy (non-hydrogen) atoms. The molecule has 0 aliphatic carbocycles. The van der Waals surface area contributed by atoms with E-state index in [-0.39, 0.29) is 27.8 Å². The quantitative estimate of drug-likeness (QED) is 0.108. The Bertz CT molecular complexity index is 2370. The minimum Gasteiger partial charge on any atom is -0.456 e. The van der Waals surface area contributed by atoms with E-state index in [9.17, 15) is 0 Å². The third-order valence-corrected chi connectivity index (χ3v) is 10.2. The molecular weight excluding hydrogens is 878 g/mol. The first kappa shape index (κ1) is 37.7. The van der Waals surface area contributed by atoms with Crippen LogP contribution in [-0.4, -0.2) is 18.4 Å². The van der Waals surface area contributed by atoms with Gasteiger partial charge in [-0.3, -0.25) is 0 Å². The summed E-state index contributed by atoms with van der Waals surface area (Å²) in [7, 11) is 0. The second-order valence-electron chi connectivity index (χ2n) is 14.1. The molecule has 0 fully saturated rings. The van der Waals surface area contributed by atoms with Gasteiger partial charge in [0.1, 0.15) is 11.7 Å². The molecule has 6 nitrogen and oxygen atoms in total. The standard InChI is InChI=1S/C49H39BN6.Pt/c1-36-30-37(2)47(38(3)31-36)50(41-22-16-28-45(32-41)55-34-53(43-24-12-6-13-25-43)48(51-55)39-18-8-4-9-19-39)42-23-17-29-46(33-42)56-35-54(44-26-14-7-15-27-44)49(52-56)40-20-10-5-11-21-40;/h4-31,34-35H,1-3H3;/q-4;+4. The summed E-state index contributed by atoms with van der Waals surface area (Å²) in [6.45, 7) is 10.5. The molecule has 7 aromatic carbocycles. The number of nitrogens with zero attached hydrogens (tertiary/aromatic N) is 6. The van der Waals surface area contributed by atoms with Gasteiger partial charge in [0.2, 0.25) is 0 Å². The van der Waals surface area contributed by atoms with Gasteiger partial charge in [-0.2, -0.15) is 57.5 Å². The molecule has 0 saturated carbocycles. The van der Waals surface area contributed by atoms with Crippen molar-refractivity contribution in [2.45, 2.75) is 20.8 Å². The zero-order valence-corrected chi connectivity index (χ0v) is 34.2. The molecule has 0 radical (unpaired) electrons. The minimum absolute atomic E-state index is 0. The van der Waals surface area contributed by atoms with E-state index in [0.717, 1.165) is 56.5 Å². The summed E-state index contributed by atoms with van der Waals surface area (Å²) in [6, 6.07) is 66.2. The topological polar surface area (TPSA) is 37.7 Å². The van der Waals surface area contributed by atoms with Gasteiger partial charge in [-0.1, -0.05) is 143 Å². The summed E-state index contributed by atoms with van der Waals surface area (Å²) < 4.78 is 0. The number of aryl methyl sites for hydroxylation is 3. The number of hydrazone groups is 2. The van der Waals surface area contributed by atoms with Crippen molar-refractivity contribution >= 4 is 57.5 Å². The predicted molar refractivity (Wildman–Crippen MR) is 233 cm³/mol. The summed E-state index contributed by atoms with van der Waals surface area (Å²) in [6.07, 6.45) is 0. The van der Waals surface area contributed by atoms with Crippen LogP contribution in [0.3, 0.4) is 0 Å². The summed E-state index contributed by atoms with van der Waals surface area (Å²) in [5, 5.41) is 14.2. The Morgan fingerprint density at radius 1 is 0.474 bits per heavy atom. The Labute approximate surface area is 350 Å². The molecule has 0 atom stereocenters. The molecule has 278 valence electrons. The van der Waals surface area contributed by atoms with Gasteiger partial charge < -0.3 is 19.8 Å². The maximum atomic E-state index is 5.16. The smallest absolute Gasteiger partial charge is 0.456 e. The third kappa shape index (κ3) is 7.68. The molecule has 8 heteroatoms. The number of benzene rings is 7. The third-order valence-electron chi connectivity index (χ3n) is 10.2. The monoisotopic (exact) mass is 917 g/mol. The maximum Gasteiger partial charge on any atom is 4.00 e. The van der Waals surface area contributed by atoms with Crippen LogP contribution in [0.2, 0.25) is 0 Å². The molecule has 0 amide bonds. The van der Waals surface area contributed by atoms with Gasteiger partial charge >= 0.3 is 21.1 Å². The largest absolute Gasteiger partial charge is 4.00 e. The molecule has 9 rings (SSSR count). The Morgan fingerprint density at radius 3 is 1.26 bits per heavy atom. The Balaban J connectivity index is 0.00000455. The Hall–Kier alpha value is -6.17. The number of anilines is 4. The number of rotatable bonds is 9. The van der Waals surface area contributed by atoms with Crippen molar-refractivity contribution in [3.63, 3.8) is 0 Å². The predicted octanol–water partition coefficient (Wildman–Crippen LogP) is 8.34. The zero-order chi connectivity index (χ0) is 38.0. The molecule has 0 N–H and O–H groups in total. The van der Waals surface area contributed by atoms with E-state index in [1.165, 1.54) is 22.2 Å². The zero-order valence-electron chi connectivity index (χ0n) is 31.9. The average Bonchev–Trinajstić information content (AvgIpc) is 3.90. The van der Waals surface area contributed by atoms with Gasteiger partial charge in [-0.15, -0.1) is 25.5 Å². The fourth-order valence-corrected chi connectivity index (χ4v) is 7.71. The summed E-state index contributed by atoms with van der Waals surface area (Å²) >= 11 is 0. The molecule has 0 unspecified atom stereocenters. The van der Waals surface area contributed by atoms with Crippen LogP contribution in [0.15, 0.2) is 180 Å². The minimum atomic E-state index is -0.161. The van der Waals surface area contributed by atoms with Gasteiger partial charge in [0.15, 0.2) is 6.71 Å². The molecule has 2 aliphatic rings. The Morgan fingerprint density at radius 2 is 0.860 bits per heavy atom. The molecule has 0 saturated heterocycles. The van der Waals surface area contributed by atoms with Gasteiger partial charge in [-0.05, 0) is 45.0 Å². The number of amidine groups is 2. The van der Waals surface area contributed by atoms with Gasteiger partial charge in [0.25, 0.3) is 0 Å². The maximum absolute atomic E-state index is 5.16. The van der Waals surface area contributed by atoms with Crippen molar-refractivity contribution in [3.8, 4) is 0 Å².